The first-order valence-corrected chi connectivity index (χ1v) is 4.34. The molecule has 0 amide bonds. The van der Waals surface area contributed by atoms with Crippen molar-refractivity contribution in [2.24, 2.45) is 7.05 Å². The number of nitrogens with zero attached hydrogens (tertiary/aromatic N) is 2. The molecule has 70 valence electrons. The first-order chi connectivity index (χ1) is 6.83. The van der Waals surface area contributed by atoms with Crippen molar-refractivity contribution < 1.29 is 4.79 Å². The van der Waals surface area contributed by atoms with E-state index in [2.05, 4.69) is 4.98 Å². The summed E-state index contributed by atoms with van der Waals surface area (Å²) in [4.78, 5) is 14.8. The van der Waals surface area contributed by atoms with Gasteiger partial charge in [-0.15, -0.1) is 0 Å². The molecule has 0 aromatic carbocycles. The fourth-order valence-electron chi connectivity index (χ4n) is 1.46. The number of aromatic nitrogens is 2. The Kier molecular flexibility index (Phi) is 2.14. The number of pyridine rings is 1. The van der Waals surface area contributed by atoms with E-state index in [1.165, 1.54) is 0 Å². The molecular weight excluding hydrogens is 176 g/mol. The van der Waals surface area contributed by atoms with E-state index < -0.39 is 0 Å². The number of hydrogen-bond acceptors (Lipinski definition) is 2. The summed E-state index contributed by atoms with van der Waals surface area (Å²) in [6.07, 6.45) is 6.12. The normalized spacial score (nSPS) is 10.1. The topological polar surface area (TPSA) is 34.9 Å². The third-order valence-electron chi connectivity index (χ3n) is 2.20. The summed E-state index contributed by atoms with van der Waals surface area (Å²) < 4.78 is 1.96. The van der Waals surface area contributed by atoms with Crippen LogP contribution < -0.4 is 0 Å². The number of carbonyl (C=O) groups excluding carboxylic acids is 1. The number of aryl methyl sites for hydroxylation is 1. The SMILES string of the molecule is Cn1cccc1-c1cnccc1C=O. The molecule has 0 fully saturated rings. The van der Waals surface area contributed by atoms with Crippen LogP contribution in [0.15, 0.2) is 36.8 Å². The Labute approximate surface area is 82.0 Å². The van der Waals surface area contributed by atoms with Crippen LogP contribution in [0.4, 0.5) is 0 Å². The van der Waals surface area contributed by atoms with Gasteiger partial charge < -0.3 is 4.57 Å². The standard InChI is InChI=1S/C11H10N2O/c1-13-6-2-3-11(13)10-7-12-5-4-9(10)8-14/h2-8H,1H3. The van der Waals surface area contributed by atoms with Crippen LogP contribution in [0.5, 0.6) is 0 Å². The van der Waals surface area contributed by atoms with Gasteiger partial charge in [-0.2, -0.15) is 0 Å². The molecule has 0 atom stereocenters. The van der Waals surface area contributed by atoms with Crippen molar-refractivity contribution in [3.8, 4) is 11.3 Å². The van der Waals surface area contributed by atoms with Gasteiger partial charge in [-0.25, -0.2) is 0 Å². The van der Waals surface area contributed by atoms with Gasteiger partial charge in [0.05, 0.1) is 5.69 Å². The van der Waals surface area contributed by atoms with Gasteiger partial charge in [-0.3, -0.25) is 9.78 Å². The van der Waals surface area contributed by atoms with Gasteiger partial charge in [0, 0.05) is 36.8 Å². The highest BCUT2D eigenvalue weighted by molar-refractivity contribution is 5.86. The van der Waals surface area contributed by atoms with Gasteiger partial charge in [0.1, 0.15) is 0 Å². The average molecular weight is 186 g/mol. The maximum atomic E-state index is 10.8. The largest absolute Gasteiger partial charge is 0.351 e. The Bertz CT molecular complexity index is 460. The fourth-order valence-corrected chi connectivity index (χ4v) is 1.46. The van der Waals surface area contributed by atoms with Gasteiger partial charge in [-0.05, 0) is 18.2 Å². The van der Waals surface area contributed by atoms with Gasteiger partial charge >= 0.3 is 0 Å². The Morgan fingerprint density at radius 3 is 2.93 bits per heavy atom. The molecule has 0 bridgehead atoms. The molecule has 2 heterocycles. The summed E-state index contributed by atoms with van der Waals surface area (Å²) in [5.74, 6) is 0. The van der Waals surface area contributed by atoms with Crippen LogP contribution in [-0.4, -0.2) is 15.8 Å². The van der Waals surface area contributed by atoms with Crippen LogP contribution in [0, 0.1) is 0 Å². The quantitative estimate of drug-likeness (QED) is 0.671. The molecule has 0 radical (unpaired) electrons. The average Bonchev–Trinajstić information content (AvgIpc) is 2.64. The van der Waals surface area contributed by atoms with E-state index in [-0.39, 0.29) is 0 Å². The molecule has 3 nitrogen and oxygen atoms in total. The van der Waals surface area contributed by atoms with Gasteiger partial charge in [0.2, 0.25) is 0 Å². The third-order valence-corrected chi connectivity index (χ3v) is 2.20. The van der Waals surface area contributed by atoms with Crippen LogP contribution in [0.2, 0.25) is 0 Å². The Morgan fingerprint density at radius 2 is 2.29 bits per heavy atom. The predicted octanol–water partition coefficient (Wildman–Crippen LogP) is 1.90. The van der Waals surface area contributed by atoms with E-state index in [4.69, 9.17) is 0 Å². The fraction of sp³-hybridized carbons (Fsp3) is 0.0909. The van der Waals surface area contributed by atoms with Crippen molar-refractivity contribution in [3.05, 3.63) is 42.4 Å². The first-order valence-electron chi connectivity index (χ1n) is 4.34. The smallest absolute Gasteiger partial charge is 0.150 e. The lowest BCUT2D eigenvalue weighted by Crippen LogP contribution is -1.94. The highest BCUT2D eigenvalue weighted by Gasteiger charge is 2.06. The number of rotatable bonds is 2. The van der Waals surface area contributed by atoms with Crippen molar-refractivity contribution in [3.63, 3.8) is 0 Å². The lowest BCUT2D eigenvalue weighted by atomic mass is 10.1. The maximum Gasteiger partial charge on any atom is 0.150 e. The highest BCUT2D eigenvalue weighted by atomic mass is 16.1. The van der Waals surface area contributed by atoms with Crippen molar-refractivity contribution >= 4 is 6.29 Å². The molecule has 2 rings (SSSR count). The van der Waals surface area contributed by atoms with Crippen LogP contribution in [0.1, 0.15) is 10.4 Å². The van der Waals surface area contributed by atoms with E-state index in [1.807, 2.05) is 29.9 Å². The lowest BCUT2D eigenvalue weighted by Gasteiger charge is -2.04. The first kappa shape index (κ1) is 8.69. The van der Waals surface area contributed by atoms with Crippen LogP contribution >= 0.6 is 0 Å². The van der Waals surface area contributed by atoms with Gasteiger partial charge in [-0.1, -0.05) is 0 Å². The minimum Gasteiger partial charge on any atom is -0.351 e. The molecule has 0 aliphatic rings. The summed E-state index contributed by atoms with van der Waals surface area (Å²) in [6, 6.07) is 5.62. The number of aldehydes is 1. The minimum atomic E-state index is 0.668. The van der Waals surface area contributed by atoms with Crippen LogP contribution in [0.25, 0.3) is 11.3 Å². The molecular formula is C11H10N2O. The maximum absolute atomic E-state index is 10.8. The molecule has 3 heteroatoms. The molecule has 0 aliphatic carbocycles. The number of carbonyl (C=O) groups is 1. The molecule has 0 unspecified atom stereocenters. The van der Waals surface area contributed by atoms with Crippen molar-refractivity contribution in [1.82, 2.24) is 9.55 Å². The summed E-state index contributed by atoms with van der Waals surface area (Å²) in [6.45, 7) is 0. The molecule has 14 heavy (non-hydrogen) atoms. The summed E-state index contributed by atoms with van der Waals surface area (Å²) >= 11 is 0. The molecule has 0 saturated heterocycles. The second-order valence-electron chi connectivity index (χ2n) is 3.09. The third kappa shape index (κ3) is 1.33. The van der Waals surface area contributed by atoms with E-state index in [1.54, 1.807) is 18.5 Å². The van der Waals surface area contributed by atoms with Crippen molar-refractivity contribution in [1.29, 1.82) is 0 Å². The highest BCUT2D eigenvalue weighted by Crippen LogP contribution is 2.21. The lowest BCUT2D eigenvalue weighted by molar-refractivity contribution is 0.112. The second-order valence-corrected chi connectivity index (χ2v) is 3.09. The summed E-state index contributed by atoms with van der Waals surface area (Å²) in [5, 5.41) is 0. The molecule has 0 N–H and O–H groups in total. The zero-order chi connectivity index (χ0) is 9.97. The van der Waals surface area contributed by atoms with E-state index in [9.17, 15) is 4.79 Å². The Hall–Kier alpha value is -1.90. The zero-order valence-corrected chi connectivity index (χ0v) is 7.84. The van der Waals surface area contributed by atoms with Crippen LogP contribution in [-0.2, 0) is 7.05 Å². The zero-order valence-electron chi connectivity index (χ0n) is 7.84. The molecule has 2 aromatic rings. The van der Waals surface area contributed by atoms with Crippen molar-refractivity contribution in [2.75, 3.05) is 0 Å². The van der Waals surface area contributed by atoms with Crippen LogP contribution in [0.3, 0.4) is 0 Å². The van der Waals surface area contributed by atoms with E-state index in [0.29, 0.717) is 5.56 Å². The van der Waals surface area contributed by atoms with Gasteiger partial charge in [0.15, 0.2) is 6.29 Å². The van der Waals surface area contributed by atoms with E-state index >= 15 is 0 Å². The predicted molar refractivity (Wildman–Crippen MR) is 54.0 cm³/mol. The molecule has 0 spiro atoms. The van der Waals surface area contributed by atoms with E-state index in [0.717, 1.165) is 17.5 Å². The molecule has 0 saturated carbocycles. The molecule has 0 aliphatic heterocycles. The molecule has 2 aromatic heterocycles. The monoisotopic (exact) mass is 186 g/mol. The van der Waals surface area contributed by atoms with Crippen molar-refractivity contribution in [2.45, 2.75) is 0 Å². The Balaban J connectivity index is 2.62. The number of hydrogen-bond donors (Lipinski definition) is 0. The Morgan fingerprint density at radius 1 is 1.43 bits per heavy atom. The minimum absolute atomic E-state index is 0.668. The van der Waals surface area contributed by atoms with Gasteiger partial charge in [0.25, 0.3) is 0 Å². The summed E-state index contributed by atoms with van der Waals surface area (Å²) in [5.41, 5.74) is 2.54. The summed E-state index contributed by atoms with van der Waals surface area (Å²) in [7, 11) is 1.94. The second kappa shape index (κ2) is 3.46.